The lowest BCUT2D eigenvalue weighted by Crippen LogP contribution is -2.14. The molecule has 144 valence electrons. The lowest BCUT2D eigenvalue weighted by molar-refractivity contribution is -0.141. The van der Waals surface area contributed by atoms with Crippen LogP contribution in [0.25, 0.3) is 0 Å². The lowest BCUT2D eigenvalue weighted by atomic mass is 10.3. The Balaban J connectivity index is 1.68. The molecule has 27 heavy (non-hydrogen) atoms. The Morgan fingerprint density at radius 2 is 2.07 bits per heavy atom. The molecule has 3 rings (SSSR count). The third-order valence-corrected chi connectivity index (χ3v) is 4.71. The molecule has 0 aliphatic carbocycles. The standard InChI is InChI=1S/C17H18F3N5OS/c1-3-5-25-15(7-11(2)22-25)21-16(26)13-8-12(10-27-13)9-24-6-4-14(23-24)17(18,19)20/h4,6-8,10H,3,5,9H2,1-2H3,(H,21,26). The Morgan fingerprint density at radius 3 is 2.74 bits per heavy atom. The van der Waals surface area contributed by atoms with Crippen LogP contribution in [0.2, 0.25) is 0 Å². The monoisotopic (exact) mass is 397 g/mol. The van der Waals surface area contributed by atoms with Crippen molar-refractivity contribution in [2.75, 3.05) is 5.32 Å². The fourth-order valence-electron chi connectivity index (χ4n) is 2.57. The summed E-state index contributed by atoms with van der Waals surface area (Å²) >= 11 is 1.23. The Kier molecular flexibility index (Phi) is 5.36. The SMILES string of the molecule is CCCn1nc(C)cc1NC(=O)c1cc(Cn2ccc(C(F)(F)F)n2)cs1. The van der Waals surface area contributed by atoms with E-state index in [0.717, 1.165) is 18.2 Å². The van der Waals surface area contributed by atoms with Crippen LogP contribution in [0.15, 0.2) is 29.8 Å². The summed E-state index contributed by atoms with van der Waals surface area (Å²) in [6, 6.07) is 4.38. The molecule has 1 N–H and O–H groups in total. The van der Waals surface area contributed by atoms with E-state index < -0.39 is 11.9 Å². The molecule has 3 aromatic rings. The third kappa shape index (κ3) is 4.57. The molecule has 0 unspecified atom stereocenters. The molecule has 0 saturated carbocycles. The van der Waals surface area contributed by atoms with Crippen LogP contribution in [0.3, 0.4) is 0 Å². The zero-order chi connectivity index (χ0) is 19.6. The van der Waals surface area contributed by atoms with Gasteiger partial charge in [0.25, 0.3) is 5.91 Å². The number of anilines is 1. The summed E-state index contributed by atoms with van der Waals surface area (Å²) in [4.78, 5) is 12.9. The molecule has 0 saturated heterocycles. The number of nitrogens with zero attached hydrogens (tertiary/aromatic N) is 4. The second kappa shape index (κ2) is 7.55. The molecule has 3 aromatic heterocycles. The first-order valence-corrected chi connectivity index (χ1v) is 9.18. The predicted molar refractivity (Wildman–Crippen MR) is 95.9 cm³/mol. The van der Waals surface area contributed by atoms with Crippen molar-refractivity contribution in [1.29, 1.82) is 0 Å². The Bertz CT molecular complexity index is 941. The number of carbonyl (C=O) groups is 1. The minimum atomic E-state index is -4.47. The molecule has 0 bridgehead atoms. The van der Waals surface area contributed by atoms with Crippen molar-refractivity contribution in [1.82, 2.24) is 19.6 Å². The molecule has 10 heteroatoms. The van der Waals surface area contributed by atoms with E-state index in [0.29, 0.717) is 22.8 Å². The maximum Gasteiger partial charge on any atom is 0.435 e. The Hall–Kier alpha value is -2.62. The molecule has 0 aromatic carbocycles. The smallest absolute Gasteiger partial charge is 0.306 e. The molecular formula is C17H18F3N5OS. The summed E-state index contributed by atoms with van der Waals surface area (Å²) in [6.07, 6.45) is -2.31. The van der Waals surface area contributed by atoms with Crippen LogP contribution in [0.5, 0.6) is 0 Å². The van der Waals surface area contributed by atoms with E-state index in [9.17, 15) is 18.0 Å². The largest absolute Gasteiger partial charge is 0.435 e. The number of halogens is 3. The second-order valence-corrected chi connectivity index (χ2v) is 6.97. The van der Waals surface area contributed by atoms with Gasteiger partial charge in [-0.2, -0.15) is 23.4 Å². The maximum absolute atomic E-state index is 12.6. The molecule has 0 aliphatic rings. The zero-order valence-electron chi connectivity index (χ0n) is 14.7. The van der Waals surface area contributed by atoms with Crippen LogP contribution in [-0.2, 0) is 19.3 Å². The van der Waals surface area contributed by atoms with Crippen molar-refractivity contribution in [3.63, 3.8) is 0 Å². The van der Waals surface area contributed by atoms with Crippen molar-refractivity contribution >= 4 is 23.1 Å². The molecule has 0 radical (unpaired) electrons. The van der Waals surface area contributed by atoms with Gasteiger partial charge in [0, 0.05) is 18.8 Å². The van der Waals surface area contributed by atoms with E-state index in [1.54, 1.807) is 22.2 Å². The van der Waals surface area contributed by atoms with Gasteiger partial charge in [0.2, 0.25) is 0 Å². The molecular weight excluding hydrogens is 379 g/mol. The van der Waals surface area contributed by atoms with Gasteiger partial charge in [-0.3, -0.25) is 9.48 Å². The summed E-state index contributed by atoms with van der Waals surface area (Å²) in [5, 5.41) is 12.4. The number of aryl methyl sites for hydroxylation is 2. The molecule has 0 aliphatic heterocycles. The predicted octanol–water partition coefficient (Wildman–Crippen LogP) is 4.18. The van der Waals surface area contributed by atoms with Crippen LogP contribution in [0.4, 0.5) is 19.0 Å². The summed E-state index contributed by atoms with van der Waals surface area (Å²) in [5.41, 5.74) is 0.584. The van der Waals surface area contributed by atoms with Gasteiger partial charge in [-0.15, -0.1) is 11.3 Å². The van der Waals surface area contributed by atoms with E-state index in [4.69, 9.17) is 0 Å². The lowest BCUT2D eigenvalue weighted by Gasteiger charge is -2.06. The van der Waals surface area contributed by atoms with E-state index in [2.05, 4.69) is 15.5 Å². The quantitative estimate of drug-likeness (QED) is 0.679. The number of nitrogens with one attached hydrogen (secondary N) is 1. The minimum Gasteiger partial charge on any atom is -0.306 e. The molecule has 0 fully saturated rings. The number of alkyl halides is 3. The van der Waals surface area contributed by atoms with Crippen molar-refractivity contribution in [3.8, 4) is 0 Å². The summed E-state index contributed by atoms with van der Waals surface area (Å²) < 4.78 is 40.8. The summed E-state index contributed by atoms with van der Waals surface area (Å²) in [6.45, 7) is 4.73. The van der Waals surface area contributed by atoms with Crippen molar-refractivity contribution < 1.29 is 18.0 Å². The fraction of sp³-hybridized carbons (Fsp3) is 0.353. The van der Waals surface area contributed by atoms with E-state index in [1.807, 2.05) is 13.8 Å². The number of aromatic nitrogens is 4. The van der Waals surface area contributed by atoms with Gasteiger partial charge >= 0.3 is 6.18 Å². The highest BCUT2D eigenvalue weighted by Gasteiger charge is 2.33. The summed E-state index contributed by atoms with van der Waals surface area (Å²) in [7, 11) is 0. The number of carbonyl (C=O) groups excluding carboxylic acids is 1. The number of hydrogen-bond acceptors (Lipinski definition) is 4. The van der Waals surface area contributed by atoms with Gasteiger partial charge in [-0.1, -0.05) is 6.92 Å². The van der Waals surface area contributed by atoms with Gasteiger partial charge in [-0.25, -0.2) is 4.68 Å². The van der Waals surface area contributed by atoms with Crippen LogP contribution in [-0.4, -0.2) is 25.5 Å². The highest BCUT2D eigenvalue weighted by molar-refractivity contribution is 7.12. The molecule has 0 atom stereocenters. The van der Waals surface area contributed by atoms with Crippen molar-refractivity contribution in [2.45, 2.75) is 39.5 Å². The topological polar surface area (TPSA) is 64.7 Å². The normalized spacial score (nSPS) is 11.7. The molecule has 1 amide bonds. The first kappa shape index (κ1) is 19.2. The highest BCUT2D eigenvalue weighted by atomic mass is 32.1. The van der Waals surface area contributed by atoms with Crippen LogP contribution in [0, 0.1) is 6.92 Å². The van der Waals surface area contributed by atoms with Gasteiger partial charge in [0.05, 0.1) is 17.1 Å². The molecule has 6 nitrogen and oxygen atoms in total. The maximum atomic E-state index is 12.6. The van der Waals surface area contributed by atoms with E-state index in [1.165, 1.54) is 22.2 Å². The second-order valence-electron chi connectivity index (χ2n) is 6.06. The highest BCUT2D eigenvalue weighted by Crippen LogP contribution is 2.27. The van der Waals surface area contributed by atoms with Crippen LogP contribution in [0.1, 0.15) is 40.0 Å². The molecule has 3 heterocycles. The number of hydrogen-bond donors (Lipinski definition) is 1. The number of thiophene rings is 1. The Morgan fingerprint density at radius 1 is 1.30 bits per heavy atom. The molecule has 0 spiro atoms. The number of rotatable bonds is 6. The zero-order valence-corrected chi connectivity index (χ0v) is 15.6. The average molecular weight is 397 g/mol. The first-order chi connectivity index (χ1) is 12.8. The average Bonchev–Trinajstić information content (AvgIpc) is 3.29. The van der Waals surface area contributed by atoms with Gasteiger partial charge < -0.3 is 5.32 Å². The summed E-state index contributed by atoms with van der Waals surface area (Å²) in [5.74, 6) is 0.344. The van der Waals surface area contributed by atoms with Crippen molar-refractivity contribution in [3.05, 3.63) is 51.6 Å². The fourth-order valence-corrected chi connectivity index (χ4v) is 3.37. The van der Waals surface area contributed by atoms with E-state index >= 15 is 0 Å². The van der Waals surface area contributed by atoms with Gasteiger partial charge in [0.15, 0.2) is 5.69 Å². The first-order valence-electron chi connectivity index (χ1n) is 8.30. The number of amides is 1. The van der Waals surface area contributed by atoms with Gasteiger partial charge in [-0.05, 0) is 36.4 Å². The van der Waals surface area contributed by atoms with Crippen LogP contribution < -0.4 is 5.32 Å². The van der Waals surface area contributed by atoms with E-state index in [-0.39, 0.29) is 12.5 Å². The van der Waals surface area contributed by atoms with Crippen molar-refractivity contribution in [2.24, 2.45) is 0 Å². The Labute approximate surface area is 157 Å². The van der Waals surface area contributed by atoms with Gasteiger partial charge in [0.1, 0.15) is 5.82 Å². The third-order valence-electron chi connectivity index (χ3n) is 3.73. The van der Waals surface area contributed by atoms with Crippen LogP contribution >= 0.6 is 11.3 Å². The minimum absolute atomic E-state index is 0.159.